The fourth-order valence-electron chi connectivity index (χ4n) is 2.16. The molecule has 1 saturated carbocycles. The van der Waals surface area contributed by atoms with Crippen LogP contribution in [0.15, 0.2) is 51.4 Å². The second-order valence-electron chi connectivity index (χ2n) is 5.33. The summed E-state index contributed by atoms with van der Waals surface area (Å²) < 4.78 is 8.17. The summed E-state index contributed by atoms with van der Waals surface area (Å²) in [5, 5.41) is 3.54. The third-order valence-electron chi connectivity index (χ3n) is 3.46. The lowest BCUT2D eigenvalue weighted by Crippen LogP contribution is -2.16. The molecule has 0 atom stereocenters. The molecule has 2 aromatic rings. The Morgan fingerprint density at radius 2 is 1.86 bits per heavy atom. The van der Waals surface area contributed by atoms with Crippen LogP contribution in [0.5, 0.6) is 5.75 Å². The molecule has 0 amide bonds. The van der Waals surface area contributed by atoms with E-state index in [1.807, 2.05) is 24.3 Å². The van der Waals surface area contributed by atoms with Crippen molar-refractivity contribution in [3.63, 3.8) is 0 Å². The molecule has 110 valence electrons. The van der Waals surface area contributed by atoms with E-state index in [1.54, 1.807) is 0 Å². The van der Waals surface area contributed by atoms with Crippen molar-refractivity contribution in [3.05, 3.63) is 62.5 Å². The average Bonchev–Trinajstić information content (AvgIpc) is 3.28. The maximum Gasteiger partial charge on any atom is 0.124 e. The van der Waals surface area contributed by atoms with Gasteiger partial charge in [-0.15, -0.1) is 0 Å². The smallest absolute Gasteiger partial charge is 0.124 e. The maximum absolute atomic E-state index is 6.00. The number of hydrogen-bond acceptors (Lipinski definition) is 2. The van der Waals surface area contributed by atoms with E-state index in [9.17, 15) is 0 Å². The molecule has 21 heavy (non-hydrogen) atoms. The quantitative estimate of drug-likeness (QED) is 0.719. The first-order valence-electron chi connectivity index (χ1n) is 7.10. The fourth-order valence-corrected chi connectivity index (χ4v) is 3.01. The van der Waals surface area contributed by atoms with Crippen molar-refractivity contribution in [2.24, 2.45) is 0 Å². The standard InChI is InChI=1S/C17H17Br2NO/c18-14-3-1-2-12(8-14)11-21-17-7-4-15(19)9-13(17)10-20-16-5-6-16/h1-4,7-9,16,20H,5-6,10-11H2. The Kier molecular flexibility index (Phi) is 4.99. The lowest BCUT2D eigenvalue weighted by atomic mass is 10.2. The van der Waals surface area contributed by atoms with Crippen molar-refractivity contribution < 1.29 is 4.74 Å². The highest BCUT2D eigenvalue weighted by molar-refractivity contribution is 9.10. The van der Waals surface area contributed by atoms with Crippen LogP contribution in [0.3, 0.4) is 0 Å². The molecule has 2 nitrogen and oxygen atoms in total. The third kappa shape index (κ3) is 4.56. The van der Waals surface area contributed by atoms with Gasteiger partial charge in [0.2, 0.25) is 0 Å². The molecule has 2 aromatic carbocycles. The van der Waals surface area contributed by atoms with Gasteiger partial charge < -0.3 is 10.1 Å². The van der Waals surface area contributed by atoms with Crippen LogP contribution in [0.4, 0.5) is 0 Å². The van der Waals surface area contributed by atoms with Gasteiger partial charge in [-0.05, 0) is 48.7 Å². The normalized spacial score (nSPS) is 14.2. The zero-order valence-electron chi connectivity index (χ0n) is 11.6. The highest BCUT2D eigenvalue weighted by atomic mass is 79.9. The summed E-state index contributed by atoms with van der Waals surface area (Å²) in [6, 6.07) is 15.1. The highest BCUT2D eigenvalue weighted by Crippen LogP contribution is 2.26. The Bertz CT molecular complexity index is 626. The monoisotopic (exact) mass is 409 g/mol. The van der Waals surface area contributed by atoms with Crippen LogP contribution >= 0.6 is 31.9 Å². The molecule has 0 bridgehead atoms. The molecule has 1 aliphatic carbocycles. The lowest BCUT2D eigenvalue weighted by molar-refractivity contribution is 0.302. The minimum atomic E-state index is 0.581. The zero-order chi connectivity index (χ0) is 14.7. The molecule has 1 aliphatic rings. The molecule has 1 N–H and O–H groups in total. The van der Waals surface area contributed by atoms with Crippen molar-refractivity contribution in [1.29, 1.82) is 0 Å². The van der Waals surface area contributed by atoms with Gasteiger partial charge in [-0.3, -0.25) is 0 Å². The minimum Gasteiger partial charge on any atom is -0.489 e. The van der Waals surface area contributed by atoms with Gasteiger partial charge in [-0.25, -0.2) is 0 Å². The molecule has 0 aromatic heterocycles. The number of nitrogens with one attached hydrogen (secondary N) is 1. The topological polar surface area (TPSA) is 21.3 Å². The molecule has 0 radical (unpaired) electrons. The second-order valence-corrected chi connectivity index (χ2v) is 7.16. The second kappa shape index (κ2) is 6.95. The molecule has 0 spiro atoms. The molecule has 0 aliphatic heterocycles. The van der Waals surface area contributed by atoms with E-state index >= 15 is 0 Å². The predicted molar refractivity (Wildman–Crippen MR) is 92.5 cm³/mol. The van der Waals surface area contributed by atoms with E-state index in [1.165, 1.54) is 18.4 Å². The van der Waals surface area contributed by atoms with Gasteiger partial charge in [0.25, 0.3) is 0 Å². The molecule has 3 rings (SSSR count). The summed E-state index contributed by atoms with van der Waals surface area (Å²) in [5.41, 5.74) is 2.36. The van der Waals surface area contributed by atoms with Crippen molar-refractivity contribution in [2.75, 3.05) is 0 Å². The van der Waals surface area contributed by atoms with Crippen LogP contribution in [0.1, 0.15) is 24.0 Å². The predicted octanol–water partition coefficient (Wildman–Crippen LogP) is 5.04. The SMILES string of the molecule is Brc1cccc(COc2ccc(Br)cc2CNC2CC2)c1. The van der Waals surface area contributed by atoms with Gasteiger partial charge in [0.05, 0.1) is 0 Å². The van der Waals surface area contributed by atoms with E-state index < -0.39 is 0 Å². The summed E-state index contributed by atoms with van der Waals surface area (Å²) in [6.07, 6.45) is 2.59. The van der Waals surface area contributed by atoms with Crippen LogP contribution in [0, 0.1) is 0 Å². The molecule has 0 heterocycles. The third-order valence-corrected chi connectivity index (χ3v) is 4.45. The molecule has 1 fully saturated rings. The van der Waals surface area contributed by atoms with E-state index in [2.05, 4.69) is 55.4 Å². The van der Waals surface area contributed by atoms with Crippen molar-refractivity contribution in [2.45, 2.75) is 32.0 Å². The van der Waals surface area contributed by atoms with E-state index in [0.29, 0.717) is 12.6 Å². The Hall–Kier alpha value is -0.840. The Labute approximate surface area is 142 Å². The largest absolute Gasteiger partial charge is 0.489 e. The number of halogens is 2. The van der Waals surface area contributed by atoms with Gasteiger partial charge in [0.15, 0.2) is 0 Å². The van der Waals surface area contributed by atoms with Crippen molar-refractivity contribution in [3.8, 4) is 5.75 Å². The summed E-state index contributed by atoms with van der Waals surface area (Å²) >= 11 is 7.02. The lowest BCUT2D eigenvalue weighted by Gasteiger charge is -2.13. The van der Waals surface area contributed by atoms with Crippen molar-refractivity contribution in [1.82, 2.24) is 5.32 Å². The van der Waals surface area contributed by atoms with Crippen LogP contribution in [0.2, 0.25) is 0 Å². The summed E-state index contributed by atoms with van der Waals surface area (Å²) in [7, 11) is 0. The number of benzene rings is 2. The van der Waals surface area contributed by atoms with E-state index in [0.717, 1.165) is 26.8 Å². The molecule has 4 heteroatoms. The fraction of sp³-hybridized carbons (Fsp3) is 0.294. The first-order chi connectivity index (χ1) is 10.2. The number of rotatable bonds is 6. The summed E-state index contributed by atoms with van der Waals surface area (Å²) in [6.45, 7) is 1.44. The van der Waals surface area contributed by atoms with E-state index in [4.69, 9.17) is 4.74 Å². The van der Waals surface area contributed by atoms with Gasteiger partial charge in [-0.2, -0.15) is 0 Å². The van der Waals surface area contributed by atoms with Crippen LogP contribution in [-0.4, -0.2) is 6.04 Å². The van der Waals surface area contributed by atoms with Gasteiger partial charge in [-0.1, -0.05) is 44.0 Å². The first-order valence-corrected chi connectivity index (χ1v) is 8.68. The molecule has 0 unspecified atom stereocenters. The van der Waals surface area contributed by atoms with E-state index in [-0.39, 0.29) is 0 Å². The minimum absolute atomic E-state index is 0.581. The zero-order valence-corrected chi connectivity index (χ0v) is 14.8. The molecule has 0 saturated heterocycles. The Morgan fingerprint density at radius 3 is 2.62 bits per heavy atom. The Morgan fingerprint density at radius 1 is 1.05 bits per heavy atom. The highest BCUT2D eigenvalue weighted by Gasteiger charge is 2.20. The van der Waals surface area contributed by atoms with Gasteiger partial charge in [0.1, 0.15) is 12.4 Å². The van der Waals surface area contributed by atoms with Crippen LogP contribution in [-0.2, 0) is 13.2 Å². The van der Waals surface area contributed by atoms with Gasteiger partial charge >= 0.3 is 0 Å². The average molecular weight is 411 g/mol. The number of hydrogen-bond donors (Lipinski definition) is 1. The molecular formula is C17H17Br2NO. The van der Waals surface area contributed by atoms with Crippen LogP contribution in [0.25, 0.3) is 0 Å². The van der Waals surface area contributed by atoms with Crippen molar-refractivity contribution >= 4 is 31.9 Å². The maximum atomic E-state index is 6.00. The Balaban J connectivity index is 1.68. The first kappa shape index (κ1) is 15.1. The van der Waals surface area contributed by atoms with Gasteiger partial charge in [0, 0.05) is 27.1 Å². The summed E-state index contributed by atoms with van der Waals surface area (Å²) in [4.78, 5) is 0. The summed E-state index contributed by atoms with van der Waals surface area (Å²) in [5.74, 6) is 0.950. The van der Waals surface area contributed by atoms with Crippen LogP contribution < -0.4 is 10.1 Å². The molecular weight excluding hydrogens is 394 g/mol. The number of ether oxygens (including phenoxy) is 1.